The fourth-order valence-corrected chi connectivity index (χ4v) is 2.67. The molecule has 1 aromatic rings. The van der Waals surface area contributed by atoms with Crippen LogP contribution in [0.25, 0.3) is 0 Å². The monoisotopic (exact) mass is 265 g/mol. The molecule has 2 rings (SSSR count). The summed E-state index contributed by atoms with van der Waals surface area (Å²) >= 11 is 5.15. The molecule has 1 aliphatic heterocycles. The van der Waals surface area contributed by atoms with E-state index in [9.17, 15) is 0 Å². The predicted molar refractivity (Wildman–Crippen MR) is 77.2 cm³/mol. The van der Waals surface area contributed by atoms with Gasteiger partial charge < -0.3 is 15.4 Å². The van der Waals surface area contributed by atoms with E-state index >= 15 is 0 Å². The zero-order chi connectivity index (χ0) is 13.3. The van der Waals surface area contributed by atoms with Gasteiger partial charge in [-0.25, -0.2) is 0 Å². The van der Waals surface area contributed by atoms with Gasteiger partial charge in [0.1, 0.15) is 4.99 Å². The zero-order valence-corrected chi connectivity index (χ0v) is 11.9. The predicted octanol–water partition coefficient (Wildman–Crippen LogP) is 1.56. The standard InChI is InChI=1S/C13H19N3OS/c1-8-6-11(12(13(14)18)9(2)15-8)16(3)10-4-5-17-7-10/h6,10H,4-5,7H2,1-3H3,(H2,14,18). The van der Waals surface area contributed by atoms with E-state index < -0.39 is 0 Å². The van der Waals surface area contributed by atoms with Crippen molar-refractivity contribution in [3.05, 3.63) is 23.0 Å². The van der Waals surface area contributed by atoms with Crippen LogP contribution in [-0.2, 0) is 4.74 Å². The second kappa shape index (κ2) is 5.20. The number of thiocarbonyl (C=S) groups is 1. The first kappa shape index (κ1) is 13.2. The molecule has 0 spiro atoms. The average molecular weight is 265 g/mol. The highest BCUT2D eigenvalue weighted by Gasteiger charge is 2.24. The van der Waals surface area contributed by atoms with Gasteiger partial charge in [0.15, 0.2) is 0 Å². The molecule has 0 radical (unpaired) electrons. The molecule has 5 heteroatoms. The molecule has 1 saturated heterocycles. The average Bonchev–Trinajstić information content (AvgIpc) is 2.79. The van der Waals surface area contributed by atoms with Gasteiger partial charge in [0.05, 0.1) is 23.9 Å². The number of ether oxygens (including phenoxy) is 1. The maximum absolute atomic E-state index is 5.84. The first-order chi connectivity index (χ1) is 8.50. The zero-order valence-electron chi connectivity index (χ0n) is 11.1. The van der Waals surface area contributed by atoms with Crippen molar-refractivity contribution in [2.45, 2.75) is 26.3 Å². The third kappa shape index (κ3) is 2.47. The molecule has 2 N–H and O–H groups in total. The van der Waals surface area contributed by atoms with E-state index in [1.54, 1.807) is 0 Å². The number of pyridine rings is 1. The first-order valence-corrected chi connectivity index (χ1v) is 6.50. The summed E-state index contributed by atoms with van der Waals surface area (Å²) < 4.78 is 5.44. The number of anilines is 1. The van der Waals surface area contributed by atoms with E-state index in [0.29, 0.717) is 11.0 Å². The van der Waals surface area contributed by atoms with Crippen LogP contribution in [0.1, 0.15) is 23.4 Å². The molecule has 1 fully saturated rings. The van der Waals surface area contributed by atoms with E-state index in [2.05, 4.69) is 16.9 Å². The fraction of sp³-hybridized carbons (Fsp3) is 0.538. The van der Waals surface area contributed by atoms with Gasteiger partial charge in [-0.2, -0.15) is 0 Å². The molecule has 98 valence electrons. The van der Waals surface area contributed by atoms with Crippen LogP contribution < -0.4 is 10.6 Å². The number of aryl methyl sites for hydroxylation is 2. The van der Waals surface area contributed by atoms with Crippen LogP contribution in [0.15, 0.2) is 6.07 Å². The topological polar surface area (TPSA) is 51.4 Å². The minimum absolute atomic E-state index is 0.388. The molecule has 0 amide bonds. The number of nitrogens with zero attached hydrogens (tertiary/aromatic N) is 2. The highest BCUT2D eigenvalue weighted by Crippen LogP contribution is 2.26. The Morgan fingerprint density at radius 3 is 2.83 bits per heavy atom. The number of nitrogens with two attached hydrogens (primary N) is 1. The Balaban J connectivity index is 2.44. The minimum atomic E-state index is 0.388. The Labute approximate surface area is 113 Å². The van der Waals surface area contributed by atoms with Crippen molar-refractivity contribution in [1.82, 2.24) is 4.98 Å². The van der Waals surface area contributed by atoms with Gasteiger partial charge in [0.25, 0.3) is 0 Å². The van der Waals surface area contributed by atoms with Crippen LogP contribution in [0.4, 0.5) is 5.69 Å². The molecule has 0 aliphatic carbocycles. The van der Waals surface area contributed by atoms with Crippen molar-refractivity contribution in [1.29, 1.82) is 0 Å². The molecule has 1 unspecified atom stereocenters. The summed E-state index contributed by atoms with van der Waals surface area (Å²) in [6.45, 7) is 5.51. The van der Waals surface area contributed by atoms with Gasteiger partial charge >= 0.3 is 0 Å². The highest BCUT2D eigenvalue weighted by molar-refractivity contribution is 7.80. The van der Waals surface area contributed by atoms with Gasteiger partial charge in [-0.1, -0.05) is 12.2 Å². The summed E-state index contributed by atoms with van der Waals surface area (Å²) in [5.41, 5.74) is 9.65. The van der Waals surface area contributed by atoms with Crippen LogP contribution in [0, 0.1) is 13.8 Å². The minimum Gasteiger partial charge on any atom is -0.389 e. The fourth-order valence-electron chi connectivity index (χ4n) is 2.41. The molecule has 2 heterocycles. The molecule has 1 atom stereocenters. The van der Waals surface area contributed by atoms with Crippen molar-refractivity contribution >= 4 is 22.9 Å². The molecular weight excluding hydrogens is 246 g/mol. The lowest BCUT2D eigenvalue weighted by molar-refractivity contribution is 0.193. The Bertz CT molecular complexity index is 470. The quantitative estimate of drug-likeness (QED) is 0.841. The van der Waals surface area contributed by atoms with Gasteiger partial charge in [0.2, 0.25) is 0 Å². The van der Waals surface area contributed by atoms with Crippen molar-refractivity contribution < 1.29 is 4.74 Å². The molecule has 0 aromatic carbocycles. The summed E-state index contributed by atoms with van der Waals surface area (Å²) in [7, 11) is 2.06. The maximum atomic E-state index is 5.84. The Morgan fingerprint density at radius 2 is 2.28 bits per heavy atom. The molecule has 4 nitrogen and oxygen atoms in total. The lowest BCUT2D eigenvalue weighted by atomic mass is 10.1. The van der Waals surface area contributed by atoms with Crippen molar-refractivity contribution in [3.63, 3.8) is 0 Å². The molecule has 0 bridgehead atoms. The van der Waals surface area contributed by atoms with E-state index in [1.807, 2.05) is 19.9 Å². The van der Waals surface area contributed by atoms with Gasteiger partial charge in [0, 0.05) is 25.0 Å². The summed E-state index contributed by atoms with van der Waals surface area (Å²) in [6, 6.07) is 2.43. The van der Waals surface area contributed by atoms with Crippen LogP contribution in [0.5, 0.6) is 0 Å². The number of hydrogen-bond acceptors (Lipinski definition) is 4. The second-order valence-electron chi connectivity index (χ2n) is 4.74. The molecule has 1 aliphatic rings. The Morgan fingerprint density at radius 1 is 1.56 bits per heavy atom. The van der Waals surface area contributed by atoms with Crippen LogP contribution in [0.2, 0.25) is 0 Å². The van der Waals surface area contributed by atoms with Crippen molar-refractivity contribution in [2.75, 3.05) is 25.2 Å². The third-order valence-corrected chi connectivity index (χ3v) is 3.59. The highest BCUT2D eigenvalue weighted by atomic mass is 32.1. The summed E-state index contributed by atoms with van der Waals surface area (Å²) in [4.78, 5) is 7.05. The lowest BCUT2D eigenvalue weighted by Gasteiger charge is -2.28. The molecular formula is C13H19N3OS. The number of likely N-dealkylation sites (N-methyl/N-ethyl adjacent to an activating group) is 1. The summed E-state index contributed by atoms with van der Waals surface area (Å²) in [6.07, 6.45) is 1.04. The van der Waals surface area contributed by atoms with E-state index in [-0.39, 0.29) is 0 Å². The van der Waals surface area contributed by atoms with Crippen molar-refractivity contribution in [3.8, 4) is 0 Å². The lowest BCUT2D eigenvalue weighted by Crippen LogP contribution is -2.34. The normalized spacial score (nSPS) is 18.9. The van der Waals surface area contributed by atoms with Gasteiger partial charge in [-0.05, 0) is 26.3 Å². The number of rotatable bonds is 3. The SMILES string of the molecule is Cc1cc(N(C)C2CCOC2)c(C(N)=S)c(C)n1. The van der Waals surface area contributed by atoms with Gasteiger partial charge in [-0.15, -0.1) is 0 Å². The molecule has 18 heavy (non-hydrogen) atoms. The second-order valence-corrected chi connectivity index (χ2v) is 5.18. The third-order valence-electron chi connectivity index (χ3n) is 3.39. The van der Waals surface area contributed by atoms with Gasteiger partial charge in [-0.3, -0.25) is 4.98 Å². The molecule has 0 saturated carbocycles. The van der Waals surface area contributed by atoms with Crippen molar-refractivity contribution in [2.24, 2.45) is 5.73 Å². The number of hydrogen-bond donors (Lipinski definition) is 1. The number of aromatic nitrogens is 1. The Hall–Kier alpha value is -1.20. The first-order valence-electron chi connectivity index (χ1n) is 6.09. The summed E-state index contributed by atoms with van der Waals surface area (Å²) in [5, 5.41) is 0. The molecule has 1 aromatic heterocycles. The van der Waals surface area contributed by atoms with Crippen LogP contribution in [-0.4, -0.2) is 36.3 Å². The Kier molecular flexibility index (Phi) is 3.82. The largest absolute Gasteiger partial charge is 0.389 e. The maximum Gasteiger partial charge on any atom is 0.107 e. The van der Waals surface area contributed by atoms with Crippen LogP contribution >= 0.6 is 12.2 Å². The smallest absolute Gasteiger partial charge is 0.107 e. The van der Waals surface area contributed by atoms with E-state index in [1.165, 1.54) is 0 Å². The van der Waals surface area contributed by atoms with E-state index in [0.717, 1.165) is 42.3 Å². The summed E-state index contributed by atoms with van der Waals surface area (Å²) in [5.74, 6) is 0. The van der Waals surface area contributed by atoms with Crippen LogP contribution in [0.3, 0.4) is 0 Å². The van der Waals surface area contributed by atoms with E-state index in [4.69, 9.17) is 22.7 Å².